The van der Waals surface area contributed by atoms with Crippen LogP contribution in [0.15, 0.2) is 36.2 Å². The first kappa shape index (κ1) is 23.4. The van der Waals surface area contributed by atoms with Crippen LogP contribution in [0.1, 0.15) is 52.0 Å². The summed E-state index contributed by atoms with van der Waals surface area (Å²) in [5, 5.41) is 12.4. The number of phenolic OH excluding ortho intramolecular Hbond substituents is 1. The van der Waals surface area contributed by atoms with Gasteiger partial charge in [0.15, 0.2) is 0 Å². The summed E-state index contributed by atoms with van der Waals surface area (Å²) in [4.78, 5) is 12.2. The number of benzene rings is 1. The Balaban J connectivity index is 2.87. The molecule has 1 rings (SSSR count). The van der Waals surface area contributed by atoms with Crippen LogP contribution >= 0.6 is 7.60 Å². The number of rotatable bonds is 13. The molecule has 0 aliphatic carbocycles. The number of carbonyl (C=O) groups is 1. The minimum absolute atomic E-state index is 0.0421. The van der Waals surface area contributed by atoms with Crippen LogP contribution in [0, 0.1) is 0 Å². The average molecular weight is 397 g/mol. The van der Waals surface area contributed by atoms with Crippen LogP contribution in [-0.2, 0) is 24.8 Å². The van der Waals surface area contributed by atoms with Gasteiger partial charge in [-0.05, 0) is 44.4 Å². The Kier molecular flexibility index (Phi) is 11.0. The van der Waals surface area contributed by atoms with E-state index in [1.165, 1.54) is 5.82 Å². The number of phenols is 1. The molecule has 0 aromatic heterocycles. The lowest BCUT2D eigenvalue weighted by molar-refractivity contribution is -0.121. The lowest BCUT2D eigenvalue weighted by Gasteiger charge is -2.18. The fourth-order valence-corrected chi connectivity index (χ4v) is 3.95. The van der Waals surface area contributed by atoms with Gasteiger partial charge in [-0.2, -0.15) is 0 Å². The van der Waals surface area contributed by atoms with Crippen molar-refractivity contribution in [2.45, 2.75) is 58.9 Å². The number of amides is 1. The van der Waals surface area contributed by atoms with Gasteiger partial charge in [0.25, 0.3) is 0 Å². The van der Waals surface area contributed by atoms with Crippen LogP contribution in [-0.4, -0.2) is 30.3 Å². The Morgan fingerprint density at radius 1 is 1.15 bits per heavy atom. The molecule has 0 aliphatic rings. The number of hydrogen-bond donors (Lipinski definition) is 2. The summed E-state index contributed by atoms with van der Waals surface area (Å²) in [7, 11) is -3.33. The fraction of sp³-hybridized carbons (Fsp3) is 0.550. The third-order valence-electron chi connectivity index (χ3n) is 3.86. The van der Waals surface area contributed by atoms with E-state index in [4.69, 9.17) is 9.05 Å². The van der Waals surface area contributed by atoms with Gasteiger partial charge in [-0.15, -0.1) is 0 Å². The Morgan fingerprint density at radius 3 is 2.33 bits per heavy atom. The third-order valence-corrected chi connectivity index (χ3v) is 5.64. The number of unbranched alkanes of at least 4 members (excludes halogenated alkanes) is 2. The van der Waals surface area contributed by atoms with E-state index in [1.54, 1.807) is 44.2 Å². The standard InChI is InChI=1S/C20H32NO5P/c1-4-7-8-9-20(23)21-18(16-17-10-12-19(22)13-11-17)14-15-27(24,25-5-2)26-6-3/h10-15,18,22H,4-9,16H2,1-3H3,(H,21,23)/b15-14+/t18-/m0/s1. The number of carbonyl (C=O) groups excluding carboxylic acids is 1. The lowest BCUT2D eigenvalue weighted by atomic mass is 10.1. The molecule has 0 spiro atoms. The van der Waals surface area contributed by atoms with Gasteiger partial charge < -0.3 is 19.5 Å². The Hall–Kier alpha value is -1.62. The molecule has 0 bridgehead atoms. The molecule has 1 aromatic carbocycles. The number of aromatic hydroxyl groups is 1. The van der Waals surface area contributed by atoms with Gasteiger partial charge >= 0.3 is 7.60 Å². The topological polar surface area (TPSA) is 84.9 Å². The molecule has 1 aromatic rings. The molecule has 6 nitrogen and oxygen atoms in total. The van der Waals surface area contributed by atoms with E-state index in [1.807, 2.05) is 0 Å². The maximum absolute atomic E-state index is 12.6. The van der Waals surface area contributed by atoms with Crippen molar-refractivity contribution in [1.82, 2.24) is 5.32 Å². The van der Waals surface area contributed by atoms with E-state index in [9.17, 15) is 14.5 Å². The predicted molar refractivity (Wildman–Crippen MR) is 108 cm³/mol. The Labute approximate surface area is 162 Å². The highest BCUT2D eigenvalue weighted by Gasteiger charge is 2.20. The van der Waals surface area contributed by atoms with E-state index >= 15 is 0 Å². The zero-order valence-corrected chi connectivity index (χ0v) is 17.4. The summed E-state index contributed by atoms with van der Waals surface area (Å²) in [5.41, 5.74) is 0.943. The highest BCUT2D eigenvalue weighted by atomic mass is 31.2. The normalized spacial score (nSPS) is 13.0. The van der Waals surface area contributed by atoms with Gasteiger partial charge in [0.1, 0.15) is 5.75 Å². The second kappa shape index (κ2) is 12.7. The predicted octanol–water partition coefficient (Wildman–Crippen LogP) is 4.78. The average Bonchev–Trinajstić information content (AvgIpc) is 2.62. The van der Waals surface area contributed by atoms with E-state index in [0.29, 0.717) is 12.8 Å². The summed E-state index contributed by atoms with van der Waals surface area (Å²) >= 11 is 0. The van der Waals surface area contributed by atoms with Crippen LogP contribution in [0.25, 0.3) is 0 Å². The van der Waals surface area contributed by atoms with Crippen LogP contribution in [0.3, 0.4) is 0 Å². The lowest BCUT2D eigenvalue weighted by Crippen LogP contribution is -2.34. The molecule has 2 N–H and O–H groups in total. The molecule has 0 saturated carbocycles. The second-order valence-corrected chi connectivity index (χ2v) is 8.11. The first-order valence-corrected chi connectivity index (χ1v) is 11.2. The van der Waals surface area contributed by atoms with Gasteiger partial charge in [-0.3, -0.25) is 9.36 Å². The van der Waals surface area contributed by atoms with E-state index in [0.717, 1.165) is 24.8 Å². The van der Waals surface area contributed by atoms with Crippen molar-refractivity contribution >= 4 is 13.5 Å². The molecule has 0 radical (unpaired) electrons. The molecule has 7 heteroatoms. The van der Waals surface area contributed by atoms with Crippen molar-refractivity contribution in [2.75, 3.05) is 13.2 Å². The van der Waals surface area contributed by atoms with Crippen molar-refractivity contribution in [3.63, 3.8) is 0 Å². The largest absolute Gasteiger partial charge is 0.508 e. The van der Waals surface area contributed by atoms with Crippen molar-refractivity contribution in [1.29, 1.82) is 0 Å². The molecule has 0 fully saturated rings. The minimum atomic E-state index is -3.33. The van der Waals surface area contributed by atoms with Crippen molar-refractivity contribution in [2.24, 2.45) is 0 Å². The summed E-state index contributed by atoms with van der Waals surface area (Å²) in [6.07, 6.45) is 5.55. The summed E-state index contributed by atoms with van der Waals surface area (Å²) in [6.45, 7) is 6.14. The molecule has 1 atom stereocenters. The zero-order valence-electron chi connectivity index (χ0n) is 16.5. The highest BCUT2D eigenvalue weighted by molar-refractivity contribution is 7.57. The first-order valence-electron chi connectivity index (χ1n) is 9.57. The zero-order chi connectivity index (χ0) is 20.1. The van der Waals surface area contributed by atoms with Crippen LogP contribution in [0.5, 0.6) is 5.75 Å². The fourth-order valence-electron chi connectivity index (χ4n) is 2.56. The van der Waals surface area contributed by atoms with Crippen LogP contribution in [0.4, 0.5) is 0 Å². The molecule has 152 valence electrons. The Morgan fingerprint density at radius 2 is 1.78 bits per heavy atom. The van der Waals surface area contributed by atoms with Gasteiger partial charge in [-0.25, -0.2) is 0 Å². The summed E-state index contributed by atoms with van der Waals surface area (Å²) in [5.74, 6) is 1.57. The van der Waals surface area contributed by atoms with Gasteiger partial charge in [0.2, 0.25) is 5.91 Å². The van der Waals surface area contributed by atoms with E-state index in [-0.39, 0.29) is 30.9 Å². The monoisotopic (exact) mass is 397 g/mol. The second-order valence-electron chi connectivity index (χ2n) is 6.22. The summed E-state index contributed by atoms with van der Waals surface area (Å²) in [6, 6.07) is 6.45. The van der Waals surface area contributed by atoms with Gasteiger partial charge in [-0.1, -0.05) is 38.0 Å². The first-order chi connectivity index (χ1) is 12.9. The molecule has 27 heavy (non-hydrogen) atoms. The Bertz CT molecular complexity index is 620. The van der Waals surface area contributed by atoms with Crippen molar-refractivity contribution in [3.05, 3.63) is 41.7 Å². The summed E-state index contributed by atoms with van der Waals surface area (Å²) < 4.78 is 23.2. The van der Waals surface area contributed by atoms with E-state index < -0.39 is 7.60 Å². The van der Waals surface area contributed by atoms with E-state index in [2.05, 4.69) is 12.2 Å². The molecule has 0 aliphatic heterocycles. The molecule has 1 amide bonds. The number of hydrogen-bond acceptors (Lipinski definition) is 5. The van der Waals surface area contributed by atoms with Crippen LogP contribution in [0.2, 0.25) is 0 Å². The maximum Gasteiger partial charge on any atom is 0.353 e. The van der Waals surface area contributed by atoms with Gasteiger partial charge in [0, 0.05) is 12.2 Å². The molecular weight excluding hydrogens is 365 g/mol. The SMILES string of the molecule is CCCCCC(=O)N[C@@H](/C=C/P(=O)(OCC)OCC)Cc1ccc(O)cc1. The number of nitrogens with one attached hydrogen (secondary N) is 1. The quantitative estimate of drug-likeness (QED) is 0.370. The molecular formula is C20H32NO5P. The van der Waals surface area contributed by atoms with Gasteiger partial charge in [0.05, 0.1) is 19.3 Å². The van der Waals surface area contributed by atoms with Crippen molar-refractivity contribution < 1.29 is 23.5 Å². The molecule has 0 heterocycles. The smallest absolute Gasteiger partial charge is 0.353 e. The van der Waals surface area contributed by atoms with Crippen molar-refractivity contribution in [3.8, 4) is 5.75 Å². The highest BCUT2D eigenvalue weighted by Crippen LogP contribution is 2.49. The third kappa shape index (κ3) is 9.76. The maximum atomic E-state index is 12.6. The molecule has 0 unspecified atom stereocenters. The molecule has 0 saturated heterocycles. The van der Waals surface area contributed by atoms with Crippen LogP contribution < -0.4 is 5.32 Å². The minimum Gasteiger partial charge on any atom is -0.508 e.